The summed E-state index contributed by atoms with van der Waals surface area (Å²) in [6.07, 6.45) is 2.10. The van der Waals surface area contributed by atoms with Crippen LogP contribution < -0.4 is 10.3 Å². The van der Waals surface area contributed by atoms with Crippen molar-refractivity contribution in [3.8, 4) is 5.88 Å². The number of aromatic amines is 1. The quantitative estimate of drug-likeness (QED) is 0.663. The zero-order chi connectivity index (χ0) is 9.52. The third-order valence-corrected chi connectivity index (χ3v) is 1.40. The van der Waals surface area contributed by atoms with Gasteiger partial charge in [-0.3, -0.25) is 4.79 Å². The SMILES string of the molecule is COCCCOc1cc(=O)[nH]cn1. The third kappa shape index (κ3) is 3.71. The Kier molecular flexibility index (Phi) is 3.98. The fourth-order valence-corrected chi connectivity index (χ4v) is 0.810. The van der Waals surface area contributed by atoms with Crippen LogP contribution in [0.25, 0.3) is 0 Å². The predicted molar refractivity (Wildman–Crippen MR) is 46.8 cm³/mol. The van der Waals surface area contributed by atoms with Gasteiger partial charge in [0.05, 0.1) is 19.0 Å². The van der Waals surface area contributed by atoms with Crippen molar-refractivity contribution in [3.05, 3.63) is 22.7 Å². The van der Waals surface area contributed by atoms with Crippen LogP contribution in [0.15, 0.2) is 17.2 Å². The molecular weight excluding hydrogens is 172 g/mol. The first-order valence-electron chi connectivity index (χ1n) is 3.99. The summed E-state index contributed by atoms with van der Waals surface area (Å²) in [5.41, 5.74) is -0.211. The molecule has 0 bridgehead atoms. The van der Waals surface area contributed by atoms with Gasteiger partial charge >= 0.3 is 0 Å². The highest BCUT2D eigenvalue weighted by Gasteiger charge is 1.94. The first-order chi connectivity index (χ1) is 6.33. The molecule has 0 unspecified atom stereocenters. The summed E-state index contributed by atoms with van der Waals surface area (Å²) in [4.78, 5) is 17.0. The van der Waals surface area contributed by atoms with E-state index in [1.54, 1.807) is 7.11 Å². The zero-order valence-corrected chi connectivity index (χ0v) is 7.45. The fourth-order valence-electron chi connectivity index (χ4n) is 0.810. The molecule has 0 saturated heterocycles. The molecule has 0 radical (unpaired) electrons. The lowest BCUT2D eigenvalue weighted by Gasteiger charge is -2.02. The van der Waals surface area contributed by atoms with Gasteiger partial charge in [-0.25, -0.2) is 4.98 Å². The number of H-pyrrole nitrogens is 1. The van der Waals surface area contributed by atoms with Gasteiger partial charge in [0.15, 0.2) is 0 Å². The Morgan fingerprint density at radius 1 is 1.54 bits per heavy atom. The molecule has 1 N–H and O–H groups in total. The van der Waals surface area contributed by atoms with Crippen LogP contribution >= 0.6 is 0 Å². The van der Waals surface area contributed by atoms with Crippen molar-refractivity contribution in [1.29, 1.82) is 0 Å². The Morgan fingerprint density at radius 2 is 2.38 bits per heavy atom. The number of nitrogens with zero attached hydrogens (tertiary/aromatic N) is 1. The van der Waals surface area contributed by atoms with E-state index in [4.69, 9.17) is 9.47 Å². The molecule has 0 saturated carbocycles. The van der Waals surface area contributed by atoms with Gasteiger partial charge < -0.3 is 14.5 Å². The molecule has 0 aromatic carbocycles. The molecule has 0 aliphatic rings. The van der Waals surface area contributed by atoms with Crippen LogP contribution in [0.1, 0.15) is 6.42 Å². The lowest BCUT2D eigenvalue weighted by molar-refractivity contribution is 0.170. The first-order valence-corrected chi connectivity index (χ1v) is 3.99. The van der Waals surface area contributed by atoms with Gasteiger partial charge in [0.1, 0.15) is 0 Å². The molecule has 13 heavy (non-hydrogen) atoms. The molecule has 0 fully saturated rings. The molecule has 1 aromatic rings. The summed E-state index contributed by atoms with van der Waals surface area (Å²) in [6.45, 7) is 1.15. The summed E-state index contributed by atoms with van der Waals surface area (Å²) in [5, 5.41) is 0. The number of hydrogen-bond donors (Lipinski definition) is 1. The molecule has 72 valence electrons. The van der Waals surface area contributed by atoms with Crippen LogP contribution in [-0.2, 0) is 4.74 Å². The van der Waals surface area contributed by atoms with Gasteiger partial charge in [-0.05, 0) is 0 Å². The molecule has 0 amide bonds. The topological polar surface area (TPSA) is 64.2 Å². The minimum absolute atomic E-state index is 0.211. The van der Waals surface area contributed by atoms with Crippen LogP contribution in [0.2, 0.25) is 0 Å². The van der Waals surface area contributed by atoms with Gasteiger partial charge in [0, 0.05) is 20.1 Å². The van der Waals surface area contributed by atoms with Crippen molar-refractivity contribution in [2.45, 2.75) is 6.42 Å². The monoisotopic (exact) mass is 184 g/mol. The van der Waals surface area contributed by atoms with Gasteiger partial charge in [-0.15, -0.1) is 0 Å². The normalized spacial score (nSPS) is 9.92. The highest BCUT2D eigenvalue weighted by Crippen LogP contribution is 1.98. The second kappa shape index (κ2) is 5.31. The standard InChI is InChI=1S/C8H12N2O3/c1-12-3-2-4-13-8-5-7(11)9-6-10-8/h5-6H,2-4H2,1H3,(H,9,10,11). The van der Waals surface area contributed by atoms with E-state index in [9.17, 15) is 4.79 Å². The molecule has 0 aliphatic heterocycles. The summed E-state index contributed by atoms with van der Waals surface area (Å²) >= 11 is 0. The van der Waals surface area contributed by atoms with Crippen LogP contribution in [0.5, 0.6) is 5.88 Å². The molecular formula is C8H12N2O3. The second-order valence-corrected chi connectivity index (χ2v) is 2.44. The molecule has 1 aromatic heterocycles. The van der Waals surface area contributed by atoms with Crippen molar-refractivity contribution >= 4 is 0 Å². The number of methoxy groups -OCH3 is 1. The van der Waals surface area contributed by atoms with Crippen molar-refractivity contribution in [3.63, 3.8) is 0 Å². The Morgan fingerprint density at radius 3 is 3.08 bits per heavy atom. The second-order valence-electron chi connectivity index (χ2n) is 2.44. The lowest BCUT2D eigenvalue weighted by atomic mass is 10.5. The van der Waals surface area contributed by atoms with Crippen molar-refractivity contribution in [1.82, 2.24) is 9.97 Å². The molecule has 5 heteroatoms. The maximum atomic E-state index is 10.8. The minimum atomic E-state index is -0.211. The largest absolute Gasteiger partial charge is 0.477 e. The van der Waals surface area contributed by atoms with E-state index in [1.807, 2.05) is 0 Å². The van der Waals surface area contributed by atoms with Crippen LogP contribution in [0.4, 0.5) is 0 Å². The van der Waals surface area contributed by atoms with Crippen molar-refractivity contribution in [2.75, 3.05) is 20.3 Å². The van der Waals surface area contributed by atoms with Gasteiger partial charge in [-0.1, -0.05) is 0 Å². The Bertz CT molecular complexity index is 297. The third-order valence-electron chi connectivity index (χ3n) is 1.40. The van der Waals surface area contributed by atoms with Gasteiger partial charge in [-0.2, -0.15) is 0 Å². The van der Waals surface area contributed by atoms with Gasteiger partial charge in [0.25, 0.3) is 5.56 Å². The van der Waals surface area contributed by atoms with E-state index in [-0.39, 0.29) is 5.56 Å². The van der Waals surface area contributed by atoms with Crippen molar-refractivity contribution < 1.29 is 9.47 Å². The maximum absolute atomic E-state index is 10.8. The van der Waals surface area contributed by atoms with E-state index in [1.165, 1.54) is 12.4 Å². The number of ether oxygens (including phenoxy) is 2. The first kappa shape index (κ1) is 9.73. The van der Waals surface area contributed by atoms with E-state index < -0.39 is 0 Å². The molecule has 0 spiro atoms. The number of nitrogens with one attached hydrogen (secondary N) is 1. The van der Waals surface area contributed by atoms with E-state index >= 15 is 0 Å². The summed E-state index contributed by atoms with van der Waals surface area (Å²) in [7, 11) is 1.63. The molecule has 0 aliphatic carbocycles. The average molecular weight is 184 g/mol. The number of hydrogen-bond acceptors (Lipinski definition) is 4. The summed E-state index contributed by atoms with van der Waals surface area (Å²) in [5.74, 6) is 0.347. The smallest absolute Gasteiger partial charge is 0.254 e. The van der Waals surface area contributed by atoms with Crippen LogP contribution in [0, 0.1) is 0 Å². The summed E-state index contributed by atoms with van der Waals surface area (Å²) in [6, 6.07) is 1.31. The molecule has 0 atom stereocenters. The average Bonchev–Trinajstić information content (AvgIpc) is 2.13. The summed E-state index contributed by atoms with van der Waals surface area (Å²) < 4.78 is 10.0. The Hall–Kier alpha value is -1.36. The highest BCUT2D eigenvalue weighted by atomic mass is 16.5. The van der Waals surface area contributed by atoms with E-state index in [2.05, 4.69) is 9.97 Å². The van der Waals surface area contributed by atoms with E-state index in [0.717, 1.165) is 6.42 Å². The molecule has 1 rings (SSSR count). The number of rotatable bonds is 5. The number of aromatic nitrogens is 2. The fraction of sp³-hybridized carbons (Fsp3) is 0.500. The molecule has 1 heterocycles. The minimum Gasteiger partial charge on any atom is -0.477 e. The van der Waals surface area contributed by atoms with Gasteiger partial charge in [0.2, 0.25) is 5.88 Å². The Balaban J connectivity index is 2.33. The highest BCUT2D eigenvalue weighted by molar-refractivity contribution is 5.04. The van der Waals surface area contributed by atoms with E-state index in [0.29, 0.717) is 19.1 Å². The van der Waals surface area contributed by atoms with Crippen LogP contribution in [0.3, 0.4) is 0 Å². The lowest BCUT2D eigenvalue weighted by Crippen LogP contribution is -2.08. The molecule has 5 nitrogen and oxygen atoms in total. The van der Waals surface area contributed by atoms with Crippen molar-refractivity contribution in [2.24, 2.45) is 0 Å². The predicted octanol–water partition coefficient (Wildman–Crippen LogP) is 0.185. The Labute approximate surface area is 75.7 Å². The van der Waals surface area contributed by atoms with Crippen LogP contribution in [-0.4, -0.2) is 30.3 Å². The maximum Gasteiger partial charge on any atom is 0.254 e. The zero-order valence-electron chi connectivity index (χ0n) is 7.45.